The number of nitrogens with zero attached hydrogens (tertiary/aromatic N) is 3. The molecule has 0 atom stereocenters. The molecule has 0 amide bonds. The second-order valence-corrected chi connectivity index (χ2v) is 16.3. The molecule has 0 saturated carbocycles. The van der Waals surface area contributed by atoms with Crippen molar-refractivity contribution in [3.8, 4) is 33.4 Å². The van der Waals surface area contributed by atoms with Crippen molar-refractivity contribution in [3.05, 3.63) is 223 Å². The zero-order valence-electron chi connectivity index (χ0n) is 33.6. The molecule has 0 radical (unpaired) electrons. The van der Waals surface area contributed by atoms with E-state index in [0.29, 0.717) is 11.5 Å². The lowest BCUT2D eigenvalue weighted by molar-refractivity contribution is 0.661. The van der Waals surface area contributed by atoms with Crippen LogP contribution in [0.2, 0.25) is 0 Å². The third kappa shape index (κ3) is 5.73. The molecule has 0 fully saturated rings. The summed E-state index contributed by atoms with van der Waals surface area (Å²) < 4.78 is 2.27. The van der Waals surface area contributed by atoms with Crippen LogP contribution in [0.1, 0.15) is 36.1 Å². The van der Waals surface area contributed by atoms with Gasteiger partial charge < -0.3 is 0 Å². The summed E-state index contributed by atoms with van der Waals surface area (Å²) in [4.78, 5) is 10.4. The second kappa shape index (κ2) is 14.0. The highest BCUT2D eigenvalue weighted by atomic mass is 15.1. The molecule has 3 nitrogen and oxygen atoms in total. The molecular weight excluding hydrogens is 727 g/mol. The summed E-state index contributed by atoms with van der Waals surface area (Å²) in [5, 5.41) is 7.36. The topological polar surface area (TPSA) is 29.6 Å². The summed E-state index contributed by atoms with van der Waals surface area (Å²) >= 11 is 0. The van der Waals surface area contributed by atoms with E-state index in [1.54, 1.807) is 0 Å². The highest BCUT2D eigenvalue weighted by Gasteiger charge is 2.36. The Kier molecular flexibility index (Phi) is 8.31. The van der Waals surface area contributed by atoms with Crippen LogP contribution in [0.3, 0.4) is 0 Å². The van der Waals surface area contributed by atoms with Crippen molar-refractivity contribution in [2.24, 2.45) is 9.98 Å². The number of benzene rings is 9. The number of rotatable bonds is 6. The summed E-state index contributed by atoms with van der Waals surface area (Å²) in [5.74, 6) is 0.587. The van der Waals surface area contributed by atoms with E-state index in [4.69, 9.17) is 9.98 Å². The van der Waals surface area contributed by atoms with Crippen LogP contribution in [0.25, 0.3) is 82.4 Å². The first-order valence-electron chi connectivity index (χ1n) is 20.6. The number of aromatic nitrogens is 1. The maximum Gasteiger partial charge on any atom is 0.161 e. The van der Waals surface area contributed by atoms with Crippen molar-refractivity contribution in [1.82, 2.24) is 4.57 Å². The zero-order valence-corrected chi connectivity index (χ0v) is 33.6. The van der Waals surface area contributed by atoms with Crippen molar-refractivity contribution in [1.29, 1.82) is 0 Å². The molecule has 9 aromatic carbocycles. The minimum absolute atomic E-state index is 0.110. The Morgan fingerprint density at radius 1 is 0.517 bits per heavy atom. The van der Waals surface area contributed by atoms with E-state index in [9.17, 15) is 0 Å². The Balaban J connectivity index is 1.10. The number of fused-ring (bicyclic) bond motifs is 10. The average Bonchev–Trinajstić information content (AvgIpc) is 3.76. The Bertz CT molecular complexity index is 3380. The predicted molar refractivity (Wildman–Crippen MR) is 255 cm³/mol. The minimum atomic E-state index is -0.110. The summed E-state index contributed by atoms with van der Waals surface area (Å²) in [6, 6.07) is 69.3. The summed E-state index contributed by atoms with van der Waals surface area (Å²) in [5.41, 5.74) is 14.6. The van der Waals surface area contributed by atoms with Crippen molar-refractivity contribution < 1.29 is 0 Å². The van der Waals surface area contributed by atoms with Crippen molar-refractivity contribution in [2.75, 3.05) is 0 Å². The van der Waals surface area contributed by atoms with Gasteiger partial charge in [0.15, 0.2) is 5.84 Å². The van der Waals surface area contributed by atoms with Gasteiger partial charge in [-0.15, -0.1) is 0 Å². The lowest BCUT2D eigenvalue weighted by atomic mass is 9.82. The normalized spacial score (nSPS) is 13.4. The van der Waals surface area contributed by atoms with Gasteiger partial charge >= 0.3 is 0 Å². The fraction of sp³-hybridized carbons (Fsp3) is 0.0526. The first-order valence-corrected chi connectivity index (χ1v) is 20.6. The molecule has 60 heavy (non-hydrogen) atoms. The van der Waals surface area contributed by atoms with Crippen LogP contribution in [0, 0.1) is 0 Å². The molecule has 1 aliphatic rings. The molecule has 0 bridgehead atoms. The Morgan fingerprint density at radius 3 is 1.92 bits per heavy atom. The molecule has 0 unspecified atom stereocenters. The van der Waals surface area contributed by atoms with Crippen molar-refractivity contribution in [3.63, 3.8) is 0 Å². The smallest absolute Gasteiger partial charge is 0.161 e. The number of aliphatic imine (C=N–C) groups is 2. The van der Waals surface area contributed by atoms with Gasteiger partial charge in [0.1, 0.15) is 6.34 Å². The molecule has 1 aromatic heterocycles. The molecule has 1 aliphatic carbocycles. The van der Waals surface area contributed by atoms with E-state index in [2.05, 4.69) is 195 Å². The third-order valence-corrected chi connectivity index (χ3v) is 12.5. The molecule has 0 saturated heterocycles. The third-order valence-electron chi connectivity index (χ3n) is 12.5. The first kappa shape index (κ1) is 35.5. The molecular formula is C57H41N3. The maximum absolute atomic E-state index is 5.25. The number of hydrogen-bond donors (Lipinski definition) is 0. The summed E-state index contributed by atoms with van der Waals surface area (Å²) in [6.07, 6.45) is 1.96. The lowest BCUT2D eigenvalue weighted by Gasteiger charge is -2.21. The molecule has 0 aliphatic heterocycles. The quantitative estimate of drug-likeness (QED) is 0.119. The highest BCUT2D eigenvalue weighted by molar-refractivity contribution is 6.25. The fourth-order valence-corrected chi connectivity index (χ4v) is 9.46. The van der Waals surface area contributed by atoms with Gasteiger partial charge in [-0.2, -0.15) is 0 Å². The van der Waals surface area contributed by atoms with E-state index in [1.807, 2.05) is 30.6 Å². The molecule has 0 spiro atoms. The van der Waals surface area contributed by atoms with E-state index in [0.717, 1.165) is 33.3 Å². The van der Waals surface area contributed by atoms with E-state index in [-0.39, 0.29) is 5.41 Å². The molecule has 0 N–H and O–H groups in total. The standard InChI is InChI=1S/C57H41N3/c1-37(38-25-27-40(28-26-38)39-15-6-4-7-16-39)59-56(43-19-8-5-9-20-43)58-36-60-52-34-31-42-18-11-13-22-46(42)54(52)48-24-14-23-47(55(48)60)44-30-32-50-49(35-44)53-45-21-12-10-17-41(45)29-33-51(53)57(50,2)3/h4-36H,1H2,2-3H3. The SMILES string of the molecule is C=C(N=C(N=Cn1c2ccc3ccccc3c2c2cccc(-c3ccc4c(c3)-c3c(ccc5ccccc35)C4(C)C)c21)c1ccccc1)c1ccc(-c2ccccc2)cc1. The molecule has 11 rings (SSSR count). The maximum atomic E-state index is 5.25. The average molecular weight is 768 g/mol. The van der Waals surface area contributed by atoms with Crippen LogP contribution in [0.5, 0.6) is 0 Å². The van der Waals surface area contributed by atoms with Gasteiger partial charge in [-0.05, 0) is 78.2 Å². The Labute approximate surface area is 350 Å². The molecule has 1 heterocycles. The van der Waals surface area contributed by atoms with E-state index < -0.39 is 0 Å². The Morgan fingerprint density at radius 2 is 1.13 bits per heavy atom. The lowest BCUT2D eigenvalue weighted by Crippen LogP contribution is -2.14. The van der Waals surface area contributed by atoms with Gasteiger partial charge in [0, 0.05) is 27.3 Å². The van der Waals surface area contributed by atoms with Gasteiger partial charge in [-0.1, -0.05) is 202 Å². The van der Waals surface area contributed by atoms with Crippen LogP contribution in [-0.2, 0) is 5.41 Å². The van der Waals surface area contributed by atoms with Gasteiger partial charge in [-0.3, -0.25) is 4.57 Å². The minimum Gasteiger partial charge on any atom is -0.299 e. The van der Waals surface area contributed by atoms with Crippen LogP contribution in [0.15, 0.2) is 211 Å². The molecule has 284 valence electrons. The molecule has 10 aromatic rings. The fourth-order valence-electron chi connectivity index (χ4n) is 9.46. The van der Waals surface area contributed by atoms with Crippen LogP contribution in [0.4, 0.5) is 0 Å². The number of hydrogen-bond acceptors (Lipinski definition) is 1. The molecule has 3 heteroatoms. The van der Waals surface area contributed by atoms with Crippen LogP contribution >= 0.6 is 0 Å². The van der Waals surface area contributed by atoms with Gasteiger partial charge in [-0.25, -0.2) is 9.98 Å². The number of para-hydroxylation sites is 1. The number of amidine groups is 1. The van der Waals surface area contributed by atoms with Crippen molar-refractivity contribution >= 4 is 61.2 Å². The van der Waals surface area contributed by atoms with Crippen LogP contribution < -0.4 is 0 Å². The van der Waals surface area contributed by atoms with E-state index >= 15 is 0 Å². The van der Waals surface area contributed by atoms with Gasteiger partial charge in [0.05, 0.1) is 16.7 Å². The predicted octanol–water partition coefficient (Wildman–Crippen LogP) is 14.7. The largest absolute Gasteiger partial charge is 0.299 e. The van der Waals surface area contributed by atoms with E-state index in [1.165, 1.54) is 65.7 Å². The monoisotopic (exact) mass is 767 g/mol. The van der Waals surface area contributed by atoms with Gasteiger partial charge in [0.2, 0.25) is 0 Å². The Hall–Kier alpha value is -7.62. The van der Waals surface area contributed by atoms with Crippen LogP contribution in [-0.4, -0.2) is 16.7 Å². The van der Waals surface area contributed by atoms with Gasteiger partial charge in [0.25, 0.3) is 0 Å². The summed E-state index contributed by atoms with van der Waals surface area (Å²) in [6.45, 7) is 9.14. The zero-order chi connectivity index (χ0) is 40.4. The van der Waals surface area contributed by atoms with Crippen molar-refractivity contribution in [2.45, 2.75) is 19.3 Å². The first-order chi connectivity index (χ1) is 29.4. The second-order valence-electron chi connectivity index (χ2n) is 16.3. The highest BCUT2D eigenvalue weighted by Crippen LogP contribution is 2.52. The summed E-state index contributed by atoms with van der Waals surface area (Å²) in [7, 11) is 0.